The summed E-state index contributed by atoms with van der Waals surface area (Å²) < 4.78 is 41.7. The first kappa shape index (κ1) is 18.6. The van der Waals surface area contributed by atoms with Crippen LogP contribution in [0.1, 0.15) is 25.0 Å². The fourth-order valence-electron chi connectivity index (χ4n) is 2.45. The van der Waals surface area contributed by atoms with E-state index < -0.39 is 29.4 Å². The van der Waals surface area contributed by atoms with Gasteiger partial charge in [-0.05, 0) is 35.4 Å². The number of carbonyl (C=O) groups excluding carboxylic acids is 2. The Morgan fingerprint density at radius 2 is 1.70 bits per heavy atom. The van der Waals surface area contributed by atoms with Crippen LogP contribution in [0.4, 0.5) is 8.78 Å². The van der Waals surface area contributed by atoms with Crippen LogP contribution in [0.25, 0.3) is 6.08 Å². The quantitative estimate of drug-likeness (QED) is 0.463. The van der Waals surface area contributed by atoms with Crippen LogP contribution >= 0.6 is 0 Å². The van der Waals surface area contributed by atoms with Gasteiger partial charge in [0.1, 0.15) is 17.9 Å². The van der Waals surface area contributed by atoms with Crippen LogP contribution in [0.5, 0.6) is 5.75 Å². The molecule has 0 bridgehead atoms. The smallest absolute Gasteiger partial charge is 0.348 e. The molecule has 0 radical (unpaired) electrons. The highest BCUT2D eigenvalue weighted by Gasteiger charge is 2.38. The fourth-order valence-corrected chi connectivity index (χ4v) is 2.45. The van der Waals surface area contributed by atoms with Crippen molar-refractivity contribution < 1.29 is 32.6 Å². The van der Waals surface area contributed by atoms with Gasteiger partial charge >= 0.3 is 11.9 Å². The molecule has 1 aliphatic rings. The molecular weight excluding hydrogens is 358 g/mol. The molecule has 0 atom stereocenters. The summed E-state index contributed by atoms with van der Waals surface area (Å²) in [6.07, 6.45) is 1.36. The minimum absolute atomic E-state index is 0.0873. The second kappa shape index (κ2) is 7.19. The van der Waals surface area contributed by atoms with E-state index >= 15 is 0 Å². The van der Waals surface area contributed by atoms with E-state index in [-0.39, 0.29) is 17.9 Å². The maximum Gasteiger partial charge on any atom is 0.348 e. The van der Waals surface area contributed by atoms with Crippen molar-refractivity contribution in [3.63, 3.8) is 0 Å². The van der Waals surface area contributed by atoms with E-state index in [1.54, 1.807) is 24.3 Å². The zero-order chi connectivity index (χ0) is 19.6. The second-order valence-corrected chi connectivity index (χ2v) is 6.35. The van der Waals surface area contributed by atoms with Gasteiger partial charge in [0.25, 0.3) is 5.79 Å². The predicted octanol–water partition coefficient (Wildman–Crippen LogP) is 3.76. The van der Waals surface area contributed by atoms with Gasteiger partial charge in [-0.25, -0.2) is 18.4 Å². The van der Waals surface area contributed by atoms with Gasteiger partial charge in [0.05, 0.1) is 0 Å². The molecule has 2 aromatic carbocycles. The van der Waals surface area contributed by atoms with Crippen LogP contribution in [0.15, 0.2) is 48.0 Å². The monoisotopic (exact) mass is 374 g/mol. The van der Waals surface area contributed by atoms with Crippen LogP contribution in [-0.2, 0) is 25.7 Å². The summed E-state index contributed by atoms with van der Waals surface area (Å²) in [4.78, 5) is 24.0. The highest BCUT2D eigenvalue weighted by molar-refractivity contribution is 6.18. The largest absolute Gasteiger partial charge is 0.489 e. The molecule has 1 heterocycles. The molecular formula is C20H16F2O5. The number of esters is 2. The first-order valence-electron chi connectivity index (χ1n) is 8.09. The molecule has 27 heavy (non-hydrogen) atoms. The third-order valence-electron chi connectivity index (χ3n) is 3.68. The lowest BCUT2D eigenvalue weighted by Crippen LogP contribution is -2.41. The Labute approximate surface area is 154 Å². The third kappa shape index (κ3) is 4.49. The van der Waals surface area contributed by atoms with E-state index in [9.17, 15) is 18.4 Å². The van der Waals surface area contributed by atoms with Crippen molar-refractivity contribution >= 4 is 18.0 Å². The van der Waals surface area contributed by atoms with Crippen molar-refractivity contribution in [2.75, 3.05) is 0 Å². The zero-order valence-corrected chi connectivity index (χ0v) is 14.6. The van der Waals surface area contributed by atoms with Gasteiger partial charge in [-0.3, -0.25) is 0 Å². The lowest BCUT2D eigenvalue weighted by Gasteiger charge is -2.29. The van der Waals surface area contributed by atoms with Gasteiger partial charge in [-0.2, -0.15) is 0 Å². The van der Waals surface area contributed by atoms with Crippen molar-refractivity contribution in [1.82, 2.24) is 0 Å². The van der Waals surface area contributed by atoms with Crippen molar-refractivity contribution in [3.05, 3.63) is 70.8 Å². The van der Waals surface area contributed by atoms with Gasteiger partial charge in [0.2, 0.25) is 0 Å². The first-order chi connectivity index (χ1) is 12.7. The van der Waals surface area contributed by atoms with Crippen molar-refractivity contribution in [2.24, 2.45) is 0 Å². The molecule has 140 valence electrons. The molecule has 7 heteroatoms. The number of rotatable bonds is 4. The summed E-state index contributed by atoms with van der Waals surface area (Å²) in [5, 5.41) is 0. The Hall–Kier alpha value is -3.22. The predicted molar refractivity (Wildman–Crippen MR) is 91.4 cm³/mol. The minimum Gasteiger partial charge on any atom is -0.489 e. The van der Waals surface area contributed by atoms with Gasteiger partial charge in [0.15, 0.2) is 11.6 Å². The Kier molecular flexibility index (Phi) is 4.94. The summed E-state index contributed by atoms with van der Waals surface area (Å²) in [7, 11) is 0. The number of ether oxygens (including phenoxy) is 3. The van der Waals surface area contributed by atoms with Crippen molar-refractivity contribution in [1.29, 1.82) is 0 Å². The maximum atomic E-state index is 13.2. The maximum absolute atomic E-state index is 13.2. The number of hydrogen-bond acceptors (Lipinski definition) is 5. The summed E-state index contributed by atoms with van der Waals surface area (Å²) in [5.74, 6) is -4.60. The molecule has 1 aliphatic heterocycles. The van der Waals surface area contributed by atoms with E-state index in [1.807, 2.05) is 0 Å². The molecule has 2 aromatic rings. The minimum atomic E-state index is -1.30. The molecule has 0 spiro atoms. The molecule has 1 fully saturated rings. The van der Waals surface area contributed by atoms with Gasteiger partial charge in [-0.1, -0.05) is 18.2 Å². The summed E-state index contributed by atoms with van der Waals surface area (Å²) in [6.45, 7) is 3.02. The van der Waals surface area contributed by atoms with Crippen LogP contribution < -0.4 is 4.74 Å². The highest BCUT2D eigenvalue weighted by Crippen LogP contribution is 2.24. The number of benzene rings is 2. The van der Waals surface area contributed by atoms with Gasteiger partial charge in [0, 0.05) is 19.9 Å². The van der Waals surface area contributed by atoms with E-state index in [0.29, 0.717) is 11.1 Å². The van der Waals surface area contributed by atoms with E-state index in [0.717, 1.165) is 12.1 Å². The highest BCUT2D eigenvalue weighted by atomic mass is 19.2. The number of halogens is 2. The summed E-state index contributed by atoms with van der Waals surface area (Å²) >= 11 is 0. The fraction of sp³-hybridized carbons (Fsp3) is 0.200. The van der Waals surface area contributed by atoms with Gasteiger partial charge in [-0.15, -0.1) is 0 Å². The van der Waals surface area contributed by atoms with Crippen LogP contribution in [0.3, 0.4) is 0 Å². The van der Waals surface area contributed by atoms with Crippen LogP contribution in [0.2, 0.25) is 0 Å². The molecule has 0 aliphatic carbocycles. The topological polar surface area (TPSA) is 61.8 Å². The number of cyclic esters (lactones) is 2. The molecule has 3 rings (SSSR count). The van der Waals surface area contributed by atoms with E-state index in [4.69, 9.17) is 14.2 Å². The summed E-state index contributed by atoms with van der Waals surface area (Å²) in [6, 6.07) is 10.1. The van der Waals surface area contributed by atoms with E-state index in [1.165, 1.54) is 26.0 Å². The number of hydrogen-bond donors (Lipinski definition) is 0. The lowest BCUT2D eigenvalue weighted by atomic mass is 10.1. The summed E-state index contributed by atoms with van der Waals surface area (Å²) in [5.41, 5.74) is 1.05. The normalized spacial score (nSPS) is 15.8. The molecule has 5 nitrogen and oxygen atoms in total. The van der Waals surface area contributed by atoms with Crippen molar-refractivity contribution in [2.45, 2.75) is 26.2 Å². The third-order valence-corrected chi connectivity index (χ3v) is 3.68. The molecule has 1 saturated heterocycles. The Bertz CT molecular complexity index is 912. The lowest BCUT2D eigenvalue weighted by molar-refractivity contribution is -0.222. The first-order valence-corrected chi connectivity index (χ1v) is 8.09. The van der Waals surface area contributed by atoms with Crippen LogP contribution in [-0.4, -0.2) is 17.7 Å². The van der Waals surface area contributed by atoms with Crippen LogP contribution in [0, 0.1) is 11.6 Å². The zero-order valence-electron chi connectivity index (χ0n) is 14.6. The average Bonchev–Trinajstić information content (AvgIpc) is 2.59. The Morgan fingerprint density at radius 1 is 1.00 bits per heavy atom. The SMILES string of the molecule is CC1(C)OC(=O)C(=Cc2cccc(COc3ccc(F)c(F)c3)c2)C(=O)O1. The second-order valence-electron chi connectivity index (χ2n) is 6.35. The molecule has 0 amide bonds. The standard InChI is InChI=1S/C20H16F2O5/c1-20(2)26-18(23)15(19(24)27-20)9-12-4-3-5-13(8-12)11-25-14-6-7-16(21)17(22)10-14/h3-10H,11H2,1-2H3. The Balaban J connectivity index is 1.74. The average molecular weight is 374 g/mol. The molecule has 0 saturated carbocycles. The molecule has 0 unspecified atom stereocenters. The van der Waals surface area contributed by atoms with Crippen molar-refractivity contribution in [3.8, 4) is 5.75 Å². The van der Waals surface area contributed by atoms with Gasteiger partial charge < -0.3 is 14.2 Å². The molecule has 0 N–H and O–H groups in total. The number of carbonyl (C=O) groups is 2. The Morgan fingerprint density at radius 3 is 2.37 bits per heavy atom. The van der Waals surface area contributed by atoms with E-state index in [2.05, 4.69) is 0 Å². The molecule has 0 aromatic heterocycles.